The van der Waals surface area contributed by atoms with Gasteiger partial charge in [0.1, 0.15) is 6.04 Å². The average Bonchev–Trinajstić information content (AvgIpc) is 2.87. The number of hydrogen-bond acceptors (Lipinski definition) is 5. The molecule has 2 saturated heterocycles. The van der Waals surface area contributed by atoms with Gasteiger partial charge in [0.05, 0.1) is 22.8 Å². The standard InChI is InChI=1S/C18H22N4O4/c1-20-16-12(21-9-7-11(23)8-10-21)3-2-4-13(16)22(18(20)26)14-5-6-15(24)19-17(14)25/h2-4,11,14,23H,5-10H2,1H3,(H,19,24,25). The SMILES string of the molecule is Cn1c(=O)n(C2CCC(=O)NC2=O)c2cccc(N3CCC(O)CC3)c21. The van der Waals surface area contributed by atoms with Gasteiger partial charge < -0.3 is 10.0 Å². The lowest BCUT2D eigenvalue weighted by Gasteiger charge is -2.32. The third-order valence-electron chi connectivity index (χ3n) is 5.41. The summed E-state index contributed by atoms with van der Waals surface area (Å²) in [7, 11) is 1.70. The highest BCUT2D eigenvalue weighted by atomic mass is 16.3. The average molecular weight is 358 g/mol. The summed E-state index contributed by atoms with van der Waals surface area (Å²) in [5.41, 5.74) is 2.13. The number of imidazole rings is 1. The number of fused-ring (bicyclic) bond motifs is 1. The molecule has 3 heterocycles. The molecule has 8 heteroatoms. The molecule has 2 amide bonds. The van der Waals surface area contributed by atoms with Gasteiger partial charge in [-0.2, -0.15) is 0 Å². The number of carbonyl (C=O) groups is 2. The third kappa shape index (κ3) is 2.61. The number of nitrogens with zero attached hydrogens (tertiary/aromatic N) is 3. The number of para-hydroxylation sites is 1. The molecule has 4 rings (SSSR count). The second kappa shape index (κ2) is 6.28. The van der Waals surface area contributed by atoms with Crippen molar-refractivity contribution >= 4 is 28.5 Å². The number of aliphatic hydroxyl groups excluding tert-OH is 1. The molecule has 0 saturated carbocycles. The van der Waals surface area contributed by atoms with Crippen LogP contribution in [0.3, 0.4) is 0 Å². The van der Waals surface area contributed by atoms with Crippen molar-refractivity contribution in [3.63, 3.8) is 0 Å². The number of imide groups is 1. The summed E-state index contributed by atoms with van der Waals surface area (Å²) >= 11 is 0. The zero-order chi connectivity index (χ0) is 18.4. The van der Waals surface area contributed by atoms with Gasteiger partial charge in [-0.1, -0.05) is 6.07 Å². The molecule has 1 unspecified atom stereocenters. The van der Waals surface area contributed by atoms with Gasteiger partial charge in [0.15, 0.2) is 0 Å². The van der Waals surface area contributed by atoms with E-state index < -0.39 is 11.9 Å². The van der Waals surface area contributed by atoms with Crippen LogP contribution in [0.2, 0.25) is 0 Å². The molecule has 1 aromatic carbocycles. The fourth-order valence-corrected chi connectivity index (χ4v) is 4.01. The maximum atomic E-state index is 12.9. The number of aromatic nitrogens is 2. The second-order valence-electron chi connectivity index (χ2n) is 7.04. The number of amides is 2. The Morgan fingerprint density at radius 1 is 1.12 bits per heavy atom. The van der Waals surface area contributed by atoms with Crippen LogP contribution in [0.15, 0.2) is 23.0 Å². The maximum absolute atomic E-state index is 12.9. The molecule has 26 heavy (non-hydrogen) atoms. The molecule has 0 spiro atoms. The molecule has 2 aliphatic rings. The first-order valence-electron chi connectivity index (χ1n) is 8.94. The Labute approximate surface area is 150 Å². The van der Waals surface area contributed by atoms with Crippen molar-refractivity contribution in [2.75, 3.05) is 18.0 Å². The lowest BCUT2D eigenvalue weighted by Crippen LogP contribution is -2.44. The van der Waals surface area contributed by atoms with Crippen LogP contribution in [-0.2, 0) is 16.6 Å². The number of aryl methyl sites for hydroxylation is 1. The van der Waals surface area contributed by atoms with E-state index in [0.29, 0.717) is 24.8 Å². The van der Waals surface area contributed by atoms with Crippen LogP contribution in [0, 0.1) is 0 Å². The summed E-state index contributed by atoms with van der Waals surface area (Å²) in [5, 5.41) is 12.1. The van der Waals surface area contributed by atoms with E-state index in [2.05, 4.69) is 10.2 Å². The zero-order valence-electron chi connectivity index (χ0n) is 14.6. The van der Waals surface area contributed by atoms with Crippen LogP contribution in [0.4, 0.5) is 5.69 Å². The smallest absolute Gasteiger partial charge is 0.329 e. The van der Waals surface area contributed by atoms with Crippen molar-refractivity contribution in [1.29, 1.82) is 0 Å². The Hall–Kier alpha value is -2.61. The van der Waals surface area contributed by atoms with E-state index in [1.54, 1.807) is 11.6 Å². The number of aliphatic hydroxyl groups is 1. The number of benzene rings is 1. The van der Waals surface area contributed by atoms with Gasteiger partial charge in [0.25, 0.3) is 0 Å². The van der Waals surface area contributed by atoms with Gasteiger partial charge in [-0.25, -0.2) is 4.79 Å². The van der Waals surface area contributed by atoms with Crippen LogP contribution in [0.5, 0.6) is 0 Å². The predicted molar refractivity (Wildman–Crippen MR) is 96.1 cm³/mol. The van der Waals surface area contributed by atoms with Gasteiger partial charge in [-0.3, -0.25) is 24.0 Å². The van der Waals surface area contributed by atoms with E-state index in [0.717, 1.165) is 24.3 Å². The zero-order valence-corrected chi connectivity index (χ0v) is 14.6. The van der Waals surface area contributed by atoms with Crippen molar-refractivity contribution in [2.24, 2.45) is 7.05 Å². The Morgan fingerprint density at radius 3 is 2.54 bits per heavy atom. The van der Waals surface area contributed by atoms with Crippen molar-refractivity contribution in [1.82, 2.24) is 14.5 Å². The monoisotopic (exact) mass is 358 g/mol. The van der Waals surface area contributed by atoms with Gasteiger partial charge in [-0.05, 0) is 31.4 Å². The molecule has 8 nitrogen and oxygen atoms in total. The fraction of sp³-hybridized carbons (Fsp3) is 0.500. The van der Waals surface area contributed by atoms with Crippen LogP contribution >= 0.6 is 0 Å². The van der Waals surface area contributed by atoms with Gasteiger partial charge in [0.2, 0.25) is 11.8 Å². The molecule has 0 radical (unpaired) electrons. The predicted octanol–water partition coefficient (Wildman–Crippen LogP) is 0.279. The Bertz CT molecular complexity index is 937. The summed E-state index contributed by atoms with van der Waals surface area (Å²) in [5.74, 6) is -0.727. The number of rotatable bonds is 2. The first kappa shape index (κ1) is 16.8. The number of anilines is 1. The summed E-state index contributed by atoms with van der Waals surface area (Å²) in [6.45, 7) is 1.44. The normalized spacial score (nSPS) is 22.1. The summed E-state index contributed by atoms with van der Waals surface area (Å²) < 4.78 is 3.07. The topological polar surface area (TPSA) is 96.6 Å². The minimum Gasteiger partial charge on any atom is -0.393 e. The van der Waals surface area contributed by atoms with E-state index in [1.165, 1.54) is 4.57 Å². The first-order chi connectivity index (χ1) is 12.5. The largest absolute Gasteiger partial charge is 0.393 e. The lowest BCUT2D eigenvalue weighted by molar-refractivity contribution is -0.135. The quantitative estimate of drug-likeness (QED) is 0.752. The first-order valence-corrected chi connectivity index (χ1v) is 8.94. The highest BCUT2D eigenvalue weighted by Crippen LogP contribution is 2.31. The lowest BCUT2D eigenvalue weighted by atomic mass is 10.1. The van der Waals surface area contributed by atoms with Crippen LogP contribution in [-0.4, -0.2) is 45.2 Å². The van der Waals surface area contributed by atoms with E-state index in [-0.39, 0.29) is 24.1 Å². The van der Waals surface area contributed by atoms with Crippen LogP contribution in [0.1, 0.15) is 31.7 Å². The fourth-order valence-electron chi connectivity index (χ4n) is 4.01. The third-order valence-corrected chi connectivity index (χ3v) is 5.41. The van der Waals surface area contributed by atoms with E-state index in [1.807, 2.05) is 18.2 Å². The van der Waals surface area contributed by atoms with Crippen molar-refractivity contribution in [3.05, 3.63) is 28.7 Å². The number of piperidine rings is 2. The van der Waals surface area contributed by atoms with E-state index >= 15 is 0 Å². The summed E-state index contributed by atoms with van der Waals surface area (Å²) in [4.78, 5) is 38.8. The number of carbonyl (C=O) groups excluding carboxylic acids is 2. The van der Waals surface area contributed by atoms with E-state index in [9.17, 15) is 19.5 Å². The van der Waals surface area contributed by atoms with Crippen molar-refractivity contribution < 1.29 is 14.7 Å². The van der Waals surface area contributed by atoms with Gasteiger partial charge in [-0.15, -0.1) is 0 Å². The van der Waals surface area contributed by atoms with Crippen LogP contribution < -0.4 is 15.9 Å². The molecule has 0 aliphatic carbocycles. The molecule has 0 bridgehead atoms. The number of nitrogens with one attached hydrogen (secondary N) is 1. The Balaban J connectivity index is 1.83. The van der Waals surface area contributed by atoms with Crippen molar-refractivity contribution in [3.8, 4) is 0 Å². The Kier molecular flexibility index (Phi) is 4.07. The molecule has 1 atom stereocenters. The molecule has 2 aliphatic heterocycles. The minimum absolute atomic E-state index is 0.225. The molecule has 2 fully saturated rings. The highest BCUT2D eigenvalue weighted by Gasteiger charge is 2.32. The summed E-state index contributed by atoms with van der Waals surface area (Å²) in [6, 6.07) is 5.00. The summed E-state index contributed by atoms with van der Waals surface area (Å²) in [6.07, 6.45) is 1.66. The highest BCUT2D eigenvalue weighted by molar-refractivity contribution is 6.00. The molecule has 138 valence electrons. The molecular weight excluding hydrogens is 336 g/mol. The maximum Gasteiger partial charge on any atom is 0.329 e. The van der Waals surface area contributed by atoms with Crippen LogP contribution in [0.25, 0.3) is 11.0 Å². The second-order valence-corrected chi connectivity index (χ2v) is 7.04. The minimum atomic E-state index is -0.678. The molecular formula is C18H22N4O4. The molecule has 1 aromatic heterocycles. The molecule has 2 aromatic rings. The molecule has 2 N–H and O–H groups in total. The van der Waals surface area contributed by atoms with Gasteiger partial charge >= 0.3 is 5.69 Å². The van der Waals surface area contributed by atoms with Crippen molar-refractivity contribution in [2.45, 2.75) is 37.8 Å². The Morgan fingerprint density at radius 2 is 1.85 bits per heavy atom. The van der Waals surface area contributed by atoms with E-state index in [4.69, 9.17) is 0 Å². The number of hydrogen-bond donors (Lipinski definition) is 2. The van der Waals surface area contributed by atoms with Gasteiger partial charge in [0, 0.05) is 26.6 Å².